The van der Waals surface area contributed by atoms with E-state index in [1.165, 1.54) is 4.90 Å². The predicted molar refractivity (Wildman–Crippen MR) is 63.0 cm³/mol. The standard InChI is InChI=1S/C11H15BrF3NO/c12-6-2-1-3-10(17)16-7-4-9(5-8-16)11(13,14)15/h4H,1-3,5-8H2. The molecule has 98 valence electrons. The van der Waals surface area contributed by atoms with Crippen molar-refractivity contribution in [2.75, 3.05) is 18.4 Å². The van der Waals surface area contributed by atoms with Crippen molar-refractivity contribution in [1.29, 1.82) is 0 Å². The summed E-state index contributed by atoms with van der Waals surface area (Å²) in [6, 6.07) is 0. The summed E-state index contributed by atoms with van der Waals surface area (Å²) in [6.07, 6.45) is -1.12. The maximum atomic E-state index is 12.3. The van der Waals surface area contributed by atoms with Crippen LogP contribution in [0.5, 0.6) is 0 Å². The van der Waals surface area contributed by atoms with Gasteiger partial charge in [-0.05, 0) is 19.3 Å². The minimum atomic E-state index is -4.24. The van der Waals surface area contributed by atoms with E-state index in [1.807, 2.05) is 0 Å². The summed E-state index contributed by atoms with van der Waals surface area (Å²) in [5, 5.41) is 0.846. The van der Waals surface area contributed by atoms with Crippen molar-refractivity contribution in [3.8, 4) is 0 Å². The van der Waals surface area contributed by atoms with Gasteiger partial charge in [0.05, 0.1) is 0 Å². The molecule has 0 unspecified atom stereocenters. The zero-order valence-electron chi connectivity index (χ0n) is 9.39. The number of rotatable bonds is 4. The van der Waals surface area contributed by atoms with Gasteiger partial charge in [0.15, 0.2) is 0 Å². The highest BCUT2D eigenvalue weighted by Crippen LogP contribution is 2.30. The molecule has 2 nitrogen and oxygen atoms in total. The second-order valence-corrected chi connectivity index (χ2v) is 4.76. The first kappa shape index (κ1) is 14.5. The lowest BCUT2D eigenvalue weighted by Crippen LogP contribution is -2.36. The van der Waals surface area contributed by atoms with Crippen LogP contribution in [0.2, 0.25) is 0 Å². The van der Waals surface area contributed by atoms with Crippen molar-refractivity contribution in [3.63, 3.8) is 0 Å². The molecule has 1 heterocycles. The first-order chi connectivity index (χ1) is 7.95. The molecule has 0 aliphatic carbocycles. The van der Waals surface area contributed by atoms with Crippen molar-refractivity contribution in [1.82, 2.24) is 4.90 Å². The molecule has 0 spiro atoms. The highest BCUT2D eigenvalue weighted by molar-refractivity contribution is 9.09. The molecule has 0 aromatic rings. The van der Waals surface area contributed by atoms with Crippen molar-refractivity contribution in [2.45, 2.75) is 31.9 Å². The third-order valence-electron chi connectivity index (χ3n) is 2.70. The molecule has 0 aromatic carbocycles. The highest BCUT2D eigenvalue weighted by Gasteiger charge is 2.35. The van der Waals surface area contributed by atoms with E-state index in [1.54, 1.807) is 0 Å². The summed E-state index contributed by atoms with van der Waals surface area (Å²) in [7, 11) is 0. The second-order valence-electron chi connectivity index (χ2n) is 3.96. The highest BCUT2D eigenvalue weighted by atomic mass is 79.9. The van der Waals surface area contributed by atoms with Gasteiger partial charge in [0, 0.05) is 30.4 Å². The molecule has 1 aliphatic heterocycles. The number of hydrogen-bond acceptors (Lipinski definition) is 1. The minimum absolute atomic E-state index is 0.0524. The quantitative estimate of drug-likeness (QED) is 0.443. The third kappa shape index (κ3) is 4.69. The average molecular weight is 314 g/mol. The van der Waals surface area contributed by atoms with Gasteiger partial charge in [-0.1, -0.05) is 22.0 Å². The summed E-state index contributed by atoms with van der Waals surface area (Å²) in [5.41, 5.74) is -0.512. The van der Waals surface area contributed by atoms with Crippen LogP contribution in [0.15, 0.2) is 11.6 Å². The van der Waals surface area contributed by atoms with Gasteiger partial charge in [-0.15, -0.1) is 0 Å². The molecule has 0 aromatic heterocycles. The molecule has 0 saturated carbocycles. The lowest BCUT2D eigenvalue weighted by molar-refractivity contribution is -0.132. The van der Waals surface area contributed by atoms with Crippen molar-refractivity contribution < 1.29 is 18.0 Å². The molecule has 1 aliphatic rings. The smallest absolute Gasteiger partial charge is 0.339 e. The molecule has 1 rings (SSSR count). The molecule has 0 bridgehead atoms. The van der Waals surface area contributed by atoms with Crippen molar-refractivity contribution in [2.24, 2.45) is 0 Å². The van der Waals surface area contributed by atoms with Gasteiger partial charge >= 0.3 is 6.18 Å². The monoisotopic (exact) mass is 313 g/mol. The van der Waals surface area contributed by atoms with Gasteiger partial charge in [-0.25, -0.2) is 0 Å². The van der Waals surface area contributed by atoms with Gasteiger partial charge in [0.25, 0.3) is 0 Å². The number of nitrogens with zero attached hydrogens (tertiary/aromatic N) is 1. The van der Waals surface area contributed by atoms with Gasteiger partial charge < -0.3 is 4.90 Å². The molecule has 0 N–H and O–H groups in total. The van der Waals surface area contributed by atoms with Gasteiger partial charge in [-0.2, -0.15) is 13.2 Å². The lowest BCUT2D eigenvalue weighted by atomic mass is 10.1. The zero-order valence-corrected chi connectivity index (χ0v) is 11.0. The van der Waals surface area contributed by atoms with Crippen LogP contribution in [-0.4, -0.2) is 35.4 Å². The van der Waals surface area contributed by atoms with Gasteiger partial charge in [-0.3, -0.25) is 4.79 Å². The Kier molecular flexibility index (Phi) is 5.49. The Morgan fingerprint density at radius 1 is 1.41 bits per heavy atom. The number of carbonyl (C=O) groups is 1. The van der Waals surface area contributed by atoms with Gasteiger partial charge in [0.2, 0.25) is 5.91 Å². The Morgan fingerprint density at radius 3 is 2.59 bits per heavy atom. The van der Waals surface area contributed by atoms with Crippen molar-refractivity contribution >= 4 is 21.8 Å². The summed E-state index contributed by atoms with van der Waals surface area (Å²) in [4.78, 5) is 13.1. The fourth-order valence-electron chi connectivity index (χ4n) is 1.68. The summed E-state index contributed by atoms with van der Waals surface area (Å²) in [5.74, 6) is -0.0524. The van der Waals surface area contributed by atoms with E-state index in [-0.39, 0.29) is 25.4 Å². The summed E-state index contributed by atoms with van der Waals surface area (Å²) >= 11 is 3.27. The summed E-state index contributed by atoms with van der Waals surface area (Å²) in [6.45, 7) is 0.264. The topological polar surface area (TPSA) is 20.3 Å². The number of unbranched alkanes of at least 4 members (excludes halogenated alkanes) is 1. The van der Waals surface area contributed by atoms with E-state index in [0.717, 1.165) is 24.2 Å². The van der Waals surface area contributed by atoms with Crippen LogP contribution in [0.3, 0.4) is 0 Å². The number of alkyl halides is 4. The largest absolute Gasteiger partial charge is 0.412 e. The van der Waals surface area contributed by atoms with Crippen LogP contribution in [0.1, 0.15) is 25.7 Å². The molecule has 17 heavy (non-hydrogen) atoms. The SMILES string of the molecule is O=C(CCCCBr)N1CC=C(C(F)(F)F)CC1. The Labute approximate surface area is 107 Å². The Hall–Kier alpha value is -0.520. The third-order valence-corrected chi connectivity index (χ3v) is 3.26. The first-order valence-electron chi connectivity index (χ1n) is 5.55. The second kappa shape index (κ2) is 6.42. The molecule has 0 atom stereocenters. The van der Waals surface area contributed by atoms with Crippen molar-refractivity contribution in [3.05, 3.63) is 11.6 Å². The van der Waals surface area contributed by atoms with E-state index >= 15 is 0 Å². The van der Waals surface area contributed by atoms with E-state index in [9.17, 15) is 18.0 Å². The fraction of sp³-hybridized carbons (Fsp3) is 0.727. The summed E-state index contributed by atoms with van der Waals surface area (Å²) < 4.78 is 37.0. The maximum Gasteiger partial charge on any atom is 0.412 e. The Bertz CT molecular complexity index is 302. The number of halogens is 4. The molecule has 0 fully saturated rings. The molecule has 0 radical (unpaired) electrons. The molecule has 1 amide bonds. The van der Waals surface area contributed by atoms with Gasteiger partial charge in [0.1, 0.15) is 0 Å². The maximum absolute atomic E-state index is 12.3. The normalized spacial score (nSPS) is 16.9. The Morgan fingerprint density at radius 2 is 2.12 bits per heavy atom. The molecule has 0 saturated heterocycles. The van der Waals surface area contributed by atoms with Crippen LogP contribution in [0.4, 0.5) is 13.2 Å². The molecular formula is C11H15BrF3NO. The van der Waals surface area contributed by atoms with Crippen LogP contribution < -0.4 is 0 Å². The fourth-order valence-corrected chi connectivity index (χ4v) is 2.08. The van der Waals surface area contributed by atoms with E-state index in [0.29, 0.717) is 6.42 Å². The van der Waals surface area contributed by atoms with E-state index in [2.05, 4.69) is 15.9 Å². The average Bonchev–Trinajstić information content (AvgIpc) is 2.28. The molecule has 6 heteroatoms. The number of amides is 1. The van der Waals surface area contributed by atoms with E-state index in [4.69, 9.17) is 0 Å². The predicted octanol–water partition coefficient (Wildman–Crippen LogP) is 3.27. The lowest BCUT2D eigenvalue weighted by Gasteiger charge is -2.27. The zero-order chi connectivity index (χ0) is 12.9. The number of carbonyl (C=O) groups excluding carboxylic acids is 1. The minimum Gasteiger partial charge on any atom is -0.339 e. The Balaban J connectivity index is 2.41. The van der Waals surface area contributed by atoms with Crippen LogP contribution >= 0.6 is 15.9 Å². The number of hydrogen-bond donors (Lipinski definition) is 0. The van der Waals surface area contributed by atoms with E-state index < -0.39 is 11.7 Å². The van der Waals surface area contributed by atoms with Crippen LogP contribution in [-0.2, 0) is 4.79 Å². The van der Waals surface area contributed by atoms with Crippen LogP contribution in [0.25, 0.3) is 0 Å². The molecular weight excluding hydrogens is 299 g/mol. The van der Waals surface area contributed by atoms with Crippen LogP contribution in [0, 0.1) is 0 Å². The first-order valence-corrected chi connectivity index (χ1v) is 6.67.